The first-order valence-electron chi connectivity index (χ1n) is 8.74. The molecular formula is C17H40N2. The van der Waals surface area contributed by atoms with Crippen molar-refractivity contribution in [3.05, 3.63) is 0 Å². The van der Waals surface area contributed by atoms with E-state index in [4.69, 9.17) is 5.73 Å². The first-order valence-corrected chi connectivity index (χ1v) is 8.74. The lowest BCUT2D eigenvalue weighted by molar-refractivity contribution is 0.552. The molecule has 0 rings (SSSR count). The third kappa shape index (κ3) is 27.2. The van der Waals surface area contributed by atoms with Crippen LogP contribution in [0.5, 0.6) is 0 Å². The Labute approximate surface area is 122 Å². The zero-order valence-electron chi connectivity index (χ0n) is 14.0. The molecule has 0 atom stereocenters. The van der Waals surface area contributed by atoms with Gasteiger partial charge in [0, 0.05) is 0 Å². The Balaban J connectivity index is 0. The van der Waals surface area contributed by atoms with Crippen LogP contribution in [0.4, 0.5) is 0 Å². The molecule has 0 aromatic carbocycles. The molecule has 0 aliphatic carbocycles. The van der Waals surface area contributed by atoms with E-state index < -0.39 is 0 Å². The lowest BCUT2D eigenvalue weighted by Crippen LogP contribution is -2.16. The molecule has 0 bridgehead atoms. The zero-order valence-corrected chi connectivity index (χ0v) is 14.0. The summed E-state index contributed by atoms with van der Waals surface area (Å²) in [5, 5.41) is 3.54. The Hall–Kier alpha value is -0.0800. The summed E-state index contributed by atoms with van der Waals surface area (Å²) >= 11 is 0. The number of hydrogen-bond acceptors (Lipinski definition) is 2. The highest BCUT2D eigenvalue weighted by molar-refractivity contribution is 4.50. The van der Waals surface area contributed by atoms with Crippen molar-refractivity contribution in [2.24, 2.45) is 5.73 Å². The van der Waals surface area contributed by atoms with Gasteiger partial charge in [0.25, 0.3) is 0 Å². The van der Waals surface area contributed by atoms with Crippen LogP contribution in [0.25, 0.3) is 0 Å². The standard InChI is InChI=1S/C14H31N.C3H9N/c1-3-5-7-9-11-13-15-14-12-10-8-6-4-2;1-2-3-4/h15H,3-14H2,1-2H3;2-4H2,1H3. The molecular weight excluding hydrogens is 232 g/mol. The van der Waals surface area contributed by atoms with E-state index in [0.717, 1.165) is 13.0 Å². The summed E-state index contributed by atoms with van der Waals surface area (Å²) in [6, 6.07) is 0. The minimum absolute atomic E-state index is 0.819. The summed E-state index contributed by atoms with van der Waals surface area (Å²) in [6.45, 7) is 9.89. The van der Waals surface area contributed by atoms with E-state index in [9.17, 15) is 0 Å². The number of nitrogens with two attached hydrogens (primary N) is 1. The van der Waals surface area contributed by atoms with E-state index in [2.05, 4.69) is 26.1 Å². The van der Waals surface area contributed by atoms with Gasteiger partial charge in [0.05, 0.1) is 0 Å². The highest BCUT2D eigenvalue weighted by atomic mass is 14.8. The maximum atomic E-state index is 5.03. The zero-order chi connectivity index (χ0) is 14.6. The Morgan fingerprint density at radius 2 is 0.947 bits per heavy atom. The Morgan fingerprint density at radius 3 is 1.26 bits per heavy atom. The molecule has 0 radical (unpaired) electrons. The molecule has 0 aromatic heterocycles. The molecule has 0 aliphatic rings. The van der Waals surface area contributed by atoms with Gasteiger partial charge in [0.2, 0.25) is 0 Å². The lowest BCUT2D eigenvalue weighted by Gasteiger charge is -2.04. The van der Waals surface area contributed by atoms with Gasteiger partial charge in [-0.1, -0.05) is 72.1 Å². The van der Waals surface area contributed by atoms with Crippen LogP contribution in [0, 0.1) is 0 Å². The van der Waals surface area contributed by atoms with Crippen molar-refractivity contribution in [3.8, 4) is 0 Å². The van der Waals surface area contributed by atoms with Gasteiger partial charge in [-0.15, -0.1) is 0 Å². The fraction of sp³-hybridized carbons (Fsp3) is 1.00. The van der Waals surface area contributed by atoms with Crippen LogP contribution in [0.2, 0.25) is 0 Å². The van der Waals surface area contributed by atoms with E-state index in [-0.39, 0.29) is 0 Å². The van der Waals surface area contributed by atoms with Gasteiger partial charge in [-0.2, -0.15) is 0 Å². The van der Waals surface area contributed by atoms with Crippen molar-refractivity contribution in [2.75, 3.05) is 19.6 Å². The van der Waals surface area contributed by atoms with Crippen molar-refractivity contribution in [2.45, 2.75) is 91.4 Å². The summed E-state index contributed by atoms with van der Waals surface area (Å²) in [7, 11) is 0. The third-order valence-electron chi connectivity index (χ3n) is 3.20. The first-order chi connectivity index (χ1) is 9.33. The number of rotatable bonds is 13. The number of hydrogen-bond donors (Lipinski definition) is 2. The van der Waals surface area contributed by atoms with E-state index in [1.54, 1.807) is 0 Å². The number of unbranched alkanes of at least 4 members (excludes halogenated alkanes) is 8. The SMILES string of the molecule is CCCCCCCNCCCCCCC.CCCN. The molecule has 0 fully saturated rings. The van der Waals surface area contributed by atoms with E-state index in [1.807, 2.05) is 0 Å². The van der Waals surface area contributed by atoms with Crippen LogP contribution < -0.4 is 11.1 Å². The summed E-state index contributed by atoms with van der Waals surface area (Å²) in [6.07, 6.45) is 15.0. The minimum atomic E-state index is 0.819. The highest BCUT2D eigenvalue weighted by Gasteiger charge is 1.90. The molecule has 0 saturated heterocycles. The molecule has 2 heteroatoms. The molecule has 0 aliphatic heterocycles. The monoisotopic (exact) mass is 272 g/mol. The molecule has 0 aromatic rings. The first kappa shape index (κ1) is 21.2. The smallest absolute Gasteiger partial charge is 0.00489 e. The summed E-state index contributed by atoms with van der Waals surface area (Å²) in [5.74, 6) is 0. The third-order valence-corrected chi connectivity index (χ3v) is 3.20. The predicted octanol–water partition coefficient (Wildman–Crippen LogP) is 4.87. The largest absolute Gasteiger partial charge is 0.330 e. The molecule has 118 valence electrons. The van der Waals surface area contributed by atoms with Gasteiger partial charge in [-0.05, 0) is 38.9 Å². The van der Waals surface area contributed by atoms with E-state index in [1.165, 1.54) is 77.3 Å². The average molecular weight is 273 g/mol. The average Bonchev–Trinajstić information content (AvgIpc) is 2.45. The van der Waals surface area contributed by atoms with E-state index >= 15 is 0 Å². The molecule has 0 amide bonds. The maximum Gasteiger partial charge on any atom is -0.00489 e. The van der Waals surface area contributed by atoms with Gasteiger partial charge in [0.15, 0.2) is 0 Å². The minimum Gasteiger partial charge on any atom is -0.330 e. The van der Waals surface area contributed by atoms with Crippen molar-refractivity contribution < 1.29 is 0 Å². The fourth-order valence-corrected chi connectivity index (χ4v) is 1.83. The van der Waals surface area contributed by atoms with Crippen LogP contribution in [-0.2, 0) is 0 Å². The van der Waals surface area contributed by atoms with Crippen LogP contribution in [0.15, 0.2) is 0 Å². The summed E-state index contributed by atoms with van der Waals surface area (Å²) in [4.78, 5) is 0. The quantitative estimate of drug-likeness (QED) is 0.469. The number of nitrogens with one attached hydrogen (secondary N) is 1. The van der Waals surface area contributed by atoms with Crippen molar-refractivity contribution in [1.29, 1.82) is 0 Å². The van der Waals surface area contributed by atoms with Gasteiger partial charge in [-0.3, -0.25) is 0 Å². The van der Waals surface area contributed by atoms with Gasteiger partial charge < -0.3 is 11.1 Å². The molecule has 0 spiro atoms. The van der Waals surface area contributed by atoms with Gasteiger partial charge in [-0.25, -0.2) is 0 Å². The fourth-order valence-electron chi connectivity index (χ4n) is 1.83. The van der Waals surface area contributed by atoms with Crippen LogP contribution in [-0.4, -0.2) is 19.6 Å². The van der Waals surface area contributed by atoms with Gasteiger partial charge in [0.1, 0.15) is 0 Å². The maximum absolute atomic E-state index is 5.03. The van der Waals surface area contributed by atoms with Gasteiger partial charge >= 0.3 is 0 Å². The van der Waals surface area contributed by atoms with Crippen LogP contribution >= 0.6 is 0 Å². The summed E-state index contributed by atoms with van der Waals surface area (Å²) in [5.41, 5.74) is 5.03. The van der Waals surface area contributed by atoms with Crippen LogP contribution in [0.3, 0.4) is 0 Å². The Kier molecular flexibility index (Phi) is 25.7. The van der Waals surface area contributed by atoms with Crippen molar-refractivity contribution >= 4 is 0 Å². The molecule has 2 nitrogen and oxygen atoms in total. The second-order valence-corrected chi connectivity index (χ2v) is 5.37. The topological polar surface area (TPSA) is 38.0 Å². The highest BCUT2D eigenvalue weighted by Crippen LogP contribution is 2.02. The molecule has 0 unspecified atom stereocenters. The second-order valence-electron chi connectivity index (χ2n) is 5.37. The molecule has 3 N–H and O–H groups in total. The van der Waals surface area contributed by atoms with Crippen molar-refractivity contribution in [1.82, 2.24) is 5.32 Å². The normalized spacial score (nSPS) is 10.1. The van der Waals surface area contributed by atoms with Crippen molar-refractivity contribution in [3.63, 3.8) is 0 Å². The molecule has 0 heterocycles. The van der Waals surface area contributed by atoms with E-state index in [0.29, 0.717) is 0 Å². The summed E-state index contributed by atoms with van der Waals surface area (Å²) < 4.78 is 0. The second kappa shape index (κ2) is 23.0. The predicted molar refractivity (Wildman–Crippen MR) is 89.7 cm³/mol. The molecule has 0 saturated carbocycles. The Bertz CT molecular complexity index is 112. The lowest BCUT2D eigenvalue weighted by atomic mass is 10.1. The van der Waals surface area contributed by atoms with Crippen LogP contribution in [0.1, 0.15) is 91.4 Å². The Morgan fingerprint density at radius 1 is 0.579 bits per heavy atom. The molecule has 19 heavy (non-hydrogen) atoms.